The van der Waals surface area contributed by atoms with E-state index in [1.807, 2.05) is 29.2 Å². The van der Waals surface area contributed by atoms with Crippen LogP contribution in [0.3, 0.4) is 0 Å². The Hall–Kier alpha value is -3.74. The summed E-state index contributed by atoms with van der Waals surface area (Å²) in [5.74, 6) is -0.803. The van der Waals surface area contributed by atoms with Crippen molar-refractivity contribution in [3.05, 3.63) is 83.4 Å². The smallest absolute Gasteiger partial charge is 0.232 e. The summed E-state index contributed by atoms with van der Waals surface area (Å²) in [4.78, 5) is 33.8. The van der Waals surface area contributed by atoms with Crippen LogP contribution in [-0.2, 0) is 27.8 Å². The zero-order chi connectivity index (χ0) is 24.7. The molecular weight excluding hydrogens is 443 g/mol. The second-order valence-corrected chi connectivity index (χ2v) is 10.2. The van der Waals surface area contributed by atoms with E-state index in [0.717, 1.165) is 34.5 Å². The first-order valence-corrected chi connectivity index (χ1v) is 11.9. The number of hydrogen-bond acceptors (Lipinski definition) is 4. The number of hydrogen-bond donors (Lipinski definition) is 1. The molecule has 180 valence electrons. The number of aryl methyl sites for hydroxylation is 2. The van der Waals surface area contributed by atoms with Crippen molar-refractivity contribution in [3.63, 3.8) is 0 Å². The van der Waals surface area contributed by atoms with E-state index in [0.29, 0.717) is 25.2 Å². The van der Waals surface area contributed by atoms with Crippen LogP contribution in [0.2, 0.25) is 0 Å². The number of nitrogens with two attached hydrogens (primary N) is 1. The van der Waals surface area contributed by atoms with Gasteiger partial charge in [0.2, 0.25) is 11.8 Å². The van der Waals surface area contributed by atoms with E-state index in [4.69, 9.17) is 5.73 Å². The predicted octanol–water partition coefficient (Wildman–Crippen LogP) is 4.27. The van der Waals surface area contributed by atoms with Gasteiger partial charge in [-0.15, -0.1) is 0 Å². The quantitative estimate of drug-likeness (QED) is 0.563. The Kier molecular flexibility index (Phi) is 5.79. The summed E-state index contributed by atoms with van der Waals surface area (Å²) < 4.78 is 13.5. The van der Waals surface area contributed by atoms with Crippen molar-refractivity contribution in [2.75, 3.05) is 28.6 Å². The third-order valence-corrected chi connectivity index (χ3v) is 7.02. The van der Waals surface area contributed by atoms with Crippen LogP contribution in [0, 0.1) is 11.7 Å². The van der Waals surface area contributed by atoms with Gasteiger partial charge in [0.1, 0.15) is 5.82 Å². The fraction of sp³-hybridized carbons (Fsp3) is 0.321. The number of carbonyl (C=O) groups excluding carboxylic acids is 2. The molecule has 0 radical (unpaired) electrons. The average Bonchev–Trinajstić information content (AvgIpc) is 3.34. The highest BCUT2D eigenvalue weighted by molar-refractivity contribution is 6.05. The lowest BCUT2D eigenvalue weighted by Gasteiger charge is -2.23. The number of pyridine rings is 1. The number of rotatable bonds is 5. The molecule has 1 atom stereocenters. The Morgan fingerprint density at radius 3 is 2.69 bits per heavy atom. The minimum Gasteiger partial charge on any atom is -0.399 e. The Morgan fingerprint density at radius 1 is 1.11 bits per heavy atom. The highest BCUT2D eigenvalue weighted by Gasteiger charge is 2.43. The number of anilines is 3. The van der Waals surface area contributed by atoms with E-state index in [9.17, 15) is 14.0 Å². The van der Waals surface area contributed by atoms with Crippen LogP contribution in [-0.4, -0.2) is 29.9 Å². The molecule has 2 aliphatic rings. The number of carbonyl (C=O) groups is 2. The lowest BCUT2D eigenvalue weighted by molar-refractivity contribution is -0.124. The number of nitrogen functional groups attached to an aromatic ring is 1. The van der Waals surface area contributed by atoms with Gasteiger partial charge in [0.05, 0.1) is 12.1 Å². The second kappa shape index (κ2) is 8.80. The van der Waals surface area contributed by atoms with Gasteiger partial charge in [-0.1, -0.05) is 32.0 Å². The molecule has 2 N–H and O–H groups in total. The van der Waals surface area contributed by atoms with Gasteiger partial charge < -0.3 is 15.5 Å². The number of fused-ring (bicyclic) bond motifs is 1. The fourth-order valence-electron chi connectivity index (χ4n) is 5.20. The highest BCUT2D eigenvalue weighted by Crippen LogP contribution is 2.42. The Morgan fingerprint density at radius 2 is 1.91 bits per heavy atom. The first-order valence-electron chi connectivity index (χ1n) is 11.9. The number of benzene rings is 2. The molecule has 1 unspecified atom stereocenters. The minimum absolute atomic E-state index is 0.0184. The van der Waals surface area contributed by atoms with Crippen LogP contribution in [0.25, 0.3) is 0 Å². The Bertz CT molecular complexity index is 1310. The zero-order valence-electron chi connectivity index (χ0n) is 20.0. The molecule has 7 heteroatoms. The van der Waals surface area contributed by atoms with E-state index in [1.165, 1.54) is 12.3 Å². The third-order valence-electron chi connectivity index (χ3n) is 7.02. The van der Waals surface area contributed by atoms with Crippen molar-refractivity contribution >= 4 is 28.9 Å². The van der Waals surface area contributed by atoms with Crippen LogP contribution in [0.15, 0.2) is 60.9 Å². The summed E-state index contributed by atoms with van der Waals surface area (Å²) >= 11 is 0. The van der Waals surface area contributed by atoms with Crippen molar-refractivity contribution < 1.29 is 14.0 Å². The van der Waals surface area contributed by atoms with Gasteiger partial charge >= 0.3 is 0 Å². The van der Waals surface area contributed by atoms with Crippen molar-refractivity contribution in [3.8, 4) is 0 Å². The van der Waals surface area contributed by atoms with Crippen molar-refractivity contribution in [1.29, 1.82) is 0 Å². The van der Waals surface area contributed by atoms with Gasteiger partial charge in [0, 0.05) is 48.2 Å². The molecule has 0 spiro atoms. The normalized spacial score (nSPS) is 18.7. The molecule has 3 aromatic rings. The van der Waals surface area contributed by atoms with Crippen molar-refractivity contribution in [2.24, 2.45) is 5.92 Å². The van der Waals surface area contributed by atoms with E-state index in [-0.39, 0.29) is 29.5 Å². The Balaban J connectivity index is 1.33. The number of nitrogens with zero attached hydrogens (tertiary/aromatic N) is 3. The second-order valence-electron chi connectivity index (χ2n) is 10.2. The van der Waals surface area contributed by atoms with Gasteiger partial charge in [-0.2, -0.15) is 0 Å². The van der Waals surface area contributed by atoms with E-state index in [1.54, 1.807) is 23.2 Å². The van der Waals surface area contributed by atoms with Crippen molar-refractivity contribution in [1.82, 2.24) is 4.98 Å². The molecule has 1 fully saturated rings. The summed E-state index contributed by atoms with van der Waals surface area (Å²) in [6.07, 6.45) is 4.54. The highest BCUT2D eigenvalue weighted by atomic mass is 19.1. The molecule has 0 aliphatic carbocycles. The maximum Gasteiger partial charge on any atom is 0.232 e. The third kappa shape index (κ3) is 4.50. The molecule has 6 nitrogen and oxygen atoms in total. The van der Waals surface area contributed by atoms with Crippen LogP contribution < -0.4 is 15.5 Å². The van der Waals surface area contributed by atoms with Crippen LogP contribution in [0.5, 0.6) is 0 Å². The molecule has 3 heterocycles. The summed E-state index contributed by atoms with van der Waals surface area (Å²) in [7, 11) is 0. The zero-order valence-corrected chi connectivity index (χ0v) is 20.0. The molecule has 5 rings (SSSR count). The largest absolute Gasteiger partial charge is 0.399 e. The average molecular weight is 473 g/mol. The van der Waals surface area contributed by atoms with Crippen LogP contribution in [0.4, 0.5) is 21.5 Å². The molecule has 0 bridgehead atoms. The Labute approximate surface area is 204 Å². The van der Waals surface area contributed by atoms with E-state index in [2.05, 4.69) is 24.9 Å². The number of halogens is 1. The number of amides is 2. The predicted molar refractivity (Wildman–Crippen MR) is 135 cm³/mol. The standard InChI is InChI=1S/C28H29FN4O2/c1-28(2)17-33(27(35)20-12-26(34)32(16-20)23-5-3-4-22(30)13-23)25-9-8-18(11-24(25)28)6-7-19-10-21(29)15-31-14-19/h3-5,8-11,13-15,20H,6-7,12,16-17,30H2,1-2H3. The summed E-state index contributed by atoms with van der Waals surface area (Å²) in [6.45, 7) is 5.20. The lowest BCUT2D eigenvalue weighted by atomic mass is 9.85. The minimum atomic E-state index is -0.397. The van der Waals surface area contributed by atoms with E-state index < -0.39 is 5.92 Å². The lowest BCUT2D eigenvalue weighted by Crippen LogP contribution is -2.39. The number of aromatic nitrogens is 1. The molecule has 2 aliphatic heterocycles. The molecular formula is C28H29FN4O2. The summed E-state index contributed by atoms with van der Waals surface area (Å²) in [5.41, 5.74) is 11.0. The maximum absolute atomic E-state index is 13.6. The maximum atomic E-state index is 13.6. The molecule has 2 aromatic carbocycles. The molecule has 0 saturated carbocycles. The fourth-order valence-corrected chi connectivity index (χ4v) is 5.20. The van der Waals surface area contributed by atoms with E-state index >= 15 is 0 Å². The summed E-state index contributed by atoms with van der Waals surface area (Å²) in [5, 5.41) is 0. The SMILES string of the molecule is CC1(C)CN(C(=O)C2CC(=O)N(c3cccc(N)c3)C2)c2ccc(CCc3cncc(F)c3)cc21. The van der Waals surface area contributed by atoms with Gasteiger partial charge in [-0.25, -0.2) is 4.39 Å². The first-order chi connectivity index (χ1) is 16.7. The molecule has 1 saturated heterocycles. The van der Waals surface area contributed by atoms with Crippen LogP contribution >= 0.6 is 0 Å². The van der Waals surface area contributed by atoms with Gasteiger partial charge in [-0.05, 0) is 59.9 Å². The van der Waals surface area contributed by atoms with Crippen LogP contribution in [0.1, 0.15) is 37.0 Å². The molecule has 1 aromatic heterocycles. The molecule has 35 heavy (non-hydrogen) atoms. The van der Waals surface area contributed by atoms with Gasteiger partial charge in [-0.3, -0.25) is 14.6 Å². The topological polar surface area (TPSA) is 79.5 Å². The van der Waals surface area contributed by atoms with Crippen molar-refractivity contribution in [2.45, 2.75) is 38.5 Å². The monoisotopic (exact) mass is 472 g/mol. The van der Waals surface area contributed by atoms with Gasteiger partial charge in [0.25, 0.3) is 0 Å². The molecule has 2 amide bonds. The van der Waals surface area contributed by atoms with Gasteiger partial charge in [0.15, 0.2) is 0 Å². The summed E-state index contributed by atoms with van der Waals surface area (Å²) in [6, 6.07) is 14.9. The first kappa shape index (κ1) is 23.0.